The molecule has 3 heterocycles. The summed E-state index contributed by atoms with van der Waals surface area (Å²) in [6.07, 6.45) is 1.14. The minimum atomic E-state index is -5.08. The molecule has 1 N–H and O–H groups in total. The maximum absolute atomic E-state index is 10.6. The number of anilines is 1. The first-order valence-electron chi connectivity index (χ1n) is 7.89. The molecule has 0 radical (unpaired) electrons. The van der Waals surface area contributed by atoms with E-state index in [9.17, 15) is 13.2 Å². The zero-order valence-electron chi connectivity index (χ0n) is 13.8. The van der Waals surface area contributed by atoms with E-state index >= 15 is 0 Å². The number of hydrogen-bond acceptors (Lipinski definition) is 6. The number of aliphatic carboxylic acids is 1. The molecule has 3 rings (SSSR count). The van der Waals surface area contributed by atoms with Crippen LogP contribution in [0.4, 0.5) is 19.1 Å². The third kappa shape index (κ3) is 5.27. The van der Waals surface area contributed by atoms with Gasteiger partial charge in [-0.3, -0.25) is 4.90 Å². The second-order valence-electron chi connectivity index (χ2n) is 5.87. The van der Waals surface area contributed by atoms with Gasteiger partial charge in [-0.15, -0.1) is 0 Å². The number of alkyl halides is 3. The quantitative estimate of drug-likeness (QED) is 0.868. The van der Waals surface area contributed by atoms with E-state index in [2.05, 4.69) is 19.8 Å². The molecule has 2 saturated heterocycles. The van der Waals surface area contributed by atoms with Gasteiger partial charge in [-0.25, -0.2) is 14.8 Å². The largest absolute Gasteiger partial charge is 0.490 e. The van der Waals surface area contributed by atoms with Crippen LogP contribution >= 0.6 is 0 Å². The van der Waals surface area contributed by atoms with Crippen LogP contribution in [-0.2, 0) is 9.53 Å². The van der Waals surface area contributed by atoms with Gasteiger partial charge >= 0.3 is 12.1 Å². The maximum atomic E-state index is 10.6. The highest BCUT2D eigenvalue weighted by molar-refractivity contribution is 5.73. The van der Waals surface area contributed by atoms with Crippen molar-refractivity contribution in [3.63, 3.8) is 0 Å². The van der Waals surface area contributed by atoms with E-state index in [-0.39, 0.29) is 0 Å². The van der Waals surface area contributed by atoms with Crippen LogP contribution in [0.3, 0.4) is 0 Å². The van der Waals surface area contributed by atoms with E-state index in [0.717, 1.165) is 32.2 Å². The summed E-state index contributed by atoms with van der Waals surface area (Å²) in [5.74, 6) is -1.88. The zero-order chi connectivity index (χ0) is 18.4. The first-order valence-corrected chi connectivity index (χ1v) is 7.89. The van der Waals surface area contributed by atoms with E-state index in [0.29, 0.717) is 12.1 Å². The Labute approximate surface area is 143 Å². The predicted molar refractivity (Wildman–Crippen MR) is 83.3 cm³/mol. The summed E-state index contributed by atoms with van der Waals surface area (Å²) in [5.41, 5.74) is 0. The van der Waals surface area contributed by atoms with Gasteiger partial charge in [-0.05, 0) is 18.9 Å². The van der Waals surface area contributed by atoms with E-state index in [1.54, 1.807) is 7.11 Å². The van der Waals surface area contributed by atoms with Crippen molar-refractivity contribution in [3.05, 3.63) is 18.5 Å². The molecule has 1 aromatic rings. The molecule has 1 aromatic heterocycles. The molecule has 7 nitrogen and oxygen atoms in total. The second-order valence-corrected chi connectivity index (χ2v) is 5.87. The van der Waals surface area contributed by atoms with E-state index in [1.807, 2.05) is 18.5 Å². The lowest BCUT2D eigenvalue weighted by atomic mass is 10.2. The Morgan fingerprint density at radius 2 is 1.80 bits per heavy atom. The van der Waals surface area contributed by atoms with E-state index in [1.165, 1.54) is 12.8 Å². The number of aromatic nitrogens is 2. The van der Waals surface area contributed by atoms with Gasteiger partial charge in [-0.1, -0.05) is 0 Å². The van der Waals surface area contributed by atoms with Crippen molar-refractivity contribution in [2.45, 2.75) is 31.1 Å². The number of rotatable bonds is 4. The summed E-state index contributed by atoms with van der Waals surface area (Å²) in [5, 5.41) is 7.12. The fourth-order valence-electron chi connectivity index (χ4n) is 3.17. The molecule has 25 heavy (non-hydrogen) atoms. The van der Waals surface area contributed by atoms with Gasteiger partial charge in [0, 0.05) is 51.2 Å². The van der Waals surface area contributed by atoms with Crippen molar-refractivity contribution >= 4 is 11.9 Å². The standard InChI is InChI=1S/C13H20N4O.C2HF3O2/c1-18-8-7-17-11-3-4-12(17)10-16(9-11)13-14-5-2-6-15-13;3-2(4,5)1(6)7/h2,5-6,11-12H,3-4,7-10H2,1H3;(H,6,7). The number of piperazine rings is 1. The van der Waals surface area contributed by atoms with Crippen LogP contribution in [0.5, 0.6) is 0 Å². The predicted octanol–water partition coefficient (Wildman–Crippen LogP) is 1.41. The number of fused-ring (bicyclic) bond motifs is 2. The van der Waals surface area contributed by atoms with Gasteiger partial charge in [0.05, 0.1) is 6.61 Å². The number of hydrogen-bond donors (Lipinski definition) is 1. The van der Waals surface area contributed by atoms with Crippen LogP contribution in [0.15, 0.2) is 18.5 Å². The SMILES string of the molecule is COCCN1C2CCC1CN(c1ncccn1)C2.O=C(O)C(F)(F)F. The van der Waals surface area contributed by atoms with E-state index in [4.69, 9.17) is 14.6 Å². The first-order chi connectivity index (χ1) is 11.8. The fourth-order valence-corrected chi connectivity index (χ4v) is 3.17. The summed E-state index contributed by atoms with van der Waals surface area (Å²) >= 11 is 0. The van der Waals surface area contributed by atoms with Crippen molar-refractivity contribution in [2.24, 2.45) is 0 Å². The summed E-state index contributed by atoms with van der Waals surface area (Å²) in [7, 11) is 1.77. The van der Waals surface area contributed by atoms with Crippen molar-refractivity contribution in [2.75, 3.05) is 38.3 Å². The van der Waals surface area contributed by atoms with Crippen LogP contribution in [0.2, 0.25) is 0 Å². The Morgan fingerprint density at radius 1 is 1.28 bits per heavy atom. The molecule has 2 fully saturated rings. The first kappa shape index (κ1) is 19.4. The lowest BCUT2D eigenvalue weighted by Crippen LogP contribution is -2.54. The second kappa shape index (κ2) is 8.43. The number of halogens is 3. The lowest BCUT2D eigenvalue weighted by molar-refractivity contribution is -0.192. The Hall–Kier alpha value is -1.94. The van der Waals surface area contributed by atoms with Crippen LogP contribution in [0.1, 0.15) is 12.8 Å². The van der Waals surface area contributed by atoms with Gasteiger partial charge in [0.2, 0.25) is 5.95 Å². The number of nitrogens with zero attached hydrogens (tertiary/aromatic N) is 4. The van der Waals surface area contributed by atoms with Crippen LogP contribution in [0, 0.1) is 0 Å². The van der Waals surface area contributed by atoms with Crippen LogP contribution < -0.4 is 4.90 Å². The Balaban J connectivity index is 0.000000277. The fraction of sp³-hybridized carbons (Fsp3) is 0.667. The zero-order valence-corrected chi connectivity index (χ0v) is 13.8. The summed E-state index contributed by atoms with van der Waals surface area (Å²) in [4.78, 5) is 22.5. The molecule has 0 spiro atoms. The minimum Gasteiger partial charge on any atom is -0.475 e. The molecule has 0 amide bonds. The van der Waals surface area contributed by atoms with Crippen LogP contribution in [-0.4, -0.2) is 77.6 Å². The molecule has 0 aliphatic carbocycles. The average molecular weight is 362 g/mol. The molecular weight excluding hydrogens is 341 g/mol. The molecule has 140 valence electrons. The molecule has 10 heteroatoms. The Morgan fingerprint density at radius 3 is 2.24 bits per heavy atom. The van der Waals surface area contributed by atoms with E-state index < -0.39 is 12.1 Å². The van der Waals surface area contributed by atoms with Crippen molar-refractivity contribution in [1.82, 2.24) is 14.9 Å². The third-order valence-corrected chi connectivity index (χ3v) is 4.26. The van der Waals surface area contributed by atoms with Crippen LogP contribution in [0.25, 0.3) is 0 Å². The monoisotopic (exact) mass is 362 g/mol. The smallest absolute Gasteiger partial charge is 0.475 e. The topological polar surface area (TPSA) is 78.8 Å². The number of carboxylic acid groups (broad SMARTS) is 1. The molecule has 2 unspecified atom stereocenters. The summed E-state index contributed by atoms with van der Waals surface area (Å²) in [6, 6.07) is 3.15. The highest BCUT2D eigenvalue weighted by Crippen LogP contribution is 2.30. The molecule has 2 aliphatic rings. The minimum absolute atomic E-state index is 0.641. The molecule has 0 aromatic carbocycles. The number of methoxy groups -OCH3 is 1. The Bertz CT molecular complexity index is 545. The Kier molecular flexibility index (Phi) is 6.54. The number of carbonyl (C=O) groups is 1. The van der Waals surface area contributed by atoms with Gasteiger partial charge in [0.1, 0.15) is 0 Å². The van der Waals surface area contributed by atoms with Gasteiger partial charge in [0.25, 0.3) is 0 Å². The van der Waals surface area contributed by atoms with Gasteiger partial charge < -0.3 is 14.7 Å². The highest BCUT2D eigenvalue weighted by Gasteiger charge is 2.40. The van der Waals surface area contributed by atoms with Crippen molar-refractivity contribution in [3.8, 4) is 0 Å². The lowest BCUT2D eigenvalue weighted by Gasteiger charge is -2.40. The molecular formula is C15H21F3N4O3. The summed E-state index contributed by atoms with van der Waals surface area (Å²) in [6.45, 7) is 3.97. The molecule has 0 saturated carbocycles. The summed E-state index contributed by atoms with van der Waals surface area (Å²) < 4.78 is 36.9. The average Bonchev–Trinajstić information content (AvgIpc) is 2.81. The number of ether oxygens (including phenoxy) is 1. The normalized spacial score (nSPS) is 23.1. The van der Waals surface area contributed by atoms with Crippen molar-refractivity contribution < 1.29 is 27.8 Å². The van der Waals surface area contributed by atoms with Gasteiger partial charge in [0.15, 0.2) is 0 Å². The maximum Gasteiger partial charge on any atom is 0.490 e. The molecule has 2 atom stereocenters. The number of carboxylic acids is 1. The van der Waals surface area contributed by atoms with Crippen molar-refractivity contribution in [1.29, 1.82) is 0 Å². The third-order valence-electron chi connectivity index (χ3n) is 4.26. The molecule has 2 aliphatic heterocycles. The molecule has 2 bridgehead atoms. The van der Waals surface area contributed by atoms with Gasteiger partial charge in [-0.2, -0.15) is 13.2 Å². The highest BCUT2D eigenvalue weighted by atomic mass is 19.4.